The molecule has 0 aliphatic rings. The highest BCUT2D eigenvalue weighted by molar-refractivity contribution is 7.80. The van der Waals surface area contributed by atoms with E-state index in [2.05, 4.69) is 61.7 Å². The van der Waals surface area contributed by atoms with Crippen LogP contribution in [0, 0.1) is 0 Å². The van der Waals surface area contributed by atoms with Crippen molar-refractivity contribution >= 4 is 36.0 Å². The number of fused-ring (bicyclic) bond motifs is 1. The molecule has 0 aliphatic carbocycles. The Morgan fingerprint density at radius 3 is 1.50 bits per heavy atom. The highest BCUT2D eigenvalue weighted by Crippen LogP contribution is 2.19. The molecule has 2 heteroatoms. The number of hydrogen-bond acceptors (Lipinski definition) is 2. The molecule has 0 aliphatic heterocycles. The van der Waals surface area contributed by atoms with E-state index >= 15 is 0 Å². The molecule has 2 aromatic carbocycles. The molecule has 0 unspecified atom stereocenters. The van der Waals surface area contributed by atoms with Gasteiger partial charge >= 0.3 is 0 Å². The van der Waals surface area contributed by atoms with Crippen LogP contribution in [-0.2, 0) is 12.8 Å². The smallest absolute Gasteiger partial charge is 0.00574 e. The summed E-state index contributed by atoms with van der Waals surface area (Å²) in [5.74, 6) is 1.81. The SMILES string of the molecule is SCCc1ccc2cc(CCS)ccc2c1. The van der Waals surface area contributed by atoms with Crippen molar-refractivity contribution in [2.75, 3.05) is 11.5 Å². The zero-order chi connectivity index (χ0) is 11.4. The summed E-state index contributed by atoms with van der Waals surface area (Å²) in [5.41, 5.74) is 2.73. The maximum absolute atomic E-state index is 4.26. The van der Waals surface area contributed by atoms with E-state index in [0.29, 0.717) is 0 Å². The Morgan fingerprint density at radius 2 is 1.12 bits per heavy atom. The molecule has 0 bridgehead atoms. The lowest BCUT2D eigenvalue weighted by Crippen LogP contribution is -1.88. The van der Waals surface area contributed by atoms with Crippen molar-refractivity contribution in [3.05, 3.63) is 47.5 Å². The van der Waals surface area contributed by atoms with Crippen LogP contribution < -0.4 is 0 Å². The Balaban J connectivity index is 2.36. The second kappa shape index (κ2) is 5.65. The lowest BCUT2D eigenvalue weighted by Gasteiger charge is -2.04. The summed E-state index contributed by atoms with van der Waals surface area (Å²) in [6, 6.07) is 13.3. The lowest BCUT2D eigenvalue weighted by molar-refractivity contribution is 1.16. The Bertz CT molecular complexity index is 432. The van der Waals surface area contributed by atoms with Crippen LogP contribution in [0.4, 0.5) is 0 Å². The molecular formula is C14H16S2. The van der Waals surface area contributed by atoms with E-state index in [4.69, 9.17) is 0 Å². The van der Waals surface area contributed by atoms with E-state index < -0.39 is 0 Å². The summed E-state index contributed by atoms with van der Waals surface area (Å²) in [6.07, 6.45) is 2.08. The van der Waals surface area contributed by atoms with Crippen LogP contribution in [0.2, 0.25) is 0 Å². The Morgan fingerprint density at radius 1 is 0.688 bits per heavy atom. The molecule has 0 aromatic heterocycles. The van der Waals surface area contributed by atoms with Gasteiger partial charge in [0, 0.05) is 0 Å². The summed E-state index contributed by atoms with van der Waals surface area (Å²) in [5, 5.41) is 2.64. The average Bonchev–Trinajstić information content (AvgIpc) is 2.30. The van der Waals surface area contributed by atoms with Gasteiger partial charge in [-0.1, -0.05) is 36.4 Å². The van der Waals surface area contributed by atoms with Crippen LogP contribution in [-0.4, -0.2) is 11.5 Å². The van der Waals surface area contributed by atoms with E-state index in [9.17, 15) is 0 Å². The molecule has 0 spiro atoms. The van der Waals surface area contributed by atoms with Gasteiger partial charge in [-0.25, -0.2) is 0 Å². The fraction of sp³-hybridized carbons (Fsp3) is 0.286. The van der Waals surface area contributed by atoms with Gasteiger partial charge in [0.2, 0.25) is 0 Å². The van der Waals surface area contributed by atoms with Gasteiger partial charge in [0.25, 0.3) is 0 Å². The van der Waals surface area contributed by atoms with Crippen molar-refractivity contribution in [3.63, 3.8) is 0 Å². The van der Waals surface area contributed by atoms with Gasteiger partial charge in [-0.15, -0.1) is 0 Å². The van der Waals surface area contributed by atoms with E-state index in [1.54, 1.807) is 0 Å². The summed E-state index contributed by atoms with van der Waals surface area (Å²) in [7, 11) is 0. The first-order valence-electron chi connectivity index (χ1n) is 5.57. The third kappa shape index (κ3) is 2.74. The summed E-state index contributed by atoms with van der Waals surface area (Å²) >= 11 is 8.52. The monoisotopic (exact) mass is 248 g/mol. The van der Waals surface area contributed by atoms with Crippen molar-refractivity contribution < 1.29 is 0 Å². The van der Waals surface area contributed by atoms with Gasteiger partial charge in [0.15, 0.2) is 0 Å². The Labute approximate surface area is 108 Å². The highest BCUT2D eigenvalue weighted by atomic mass is 32.1. The van der Waals surface area contributed by atoms with Crippen LogP contribution in [0.25, 0.3) is 10.8 Å². The first-order valence-corrected chi connectivity index (χ1v) is 6.83. The van der Waals surface area contributed by atoms with Gasteiger partial charge in [-0.2, -0.15) is 25.3 Å². The fourth-order valence-electron chi connectivity index (χ4n) is 1.91. The third-order valence-corrected chi connectivity index (χ3v) is 3.22. The summed E-state index contributed by atoms with van der Waals surface area (Å²) in [4.78, 5) is 0. The molecule has 0 N–H and O–H groups in total. The molecule has 0 atom stereocenters. The highest BCUT2D eigenvalue weighted by Gasteiger charge is 1.98. The minimum Gasteiger partial charge on any atom is -0.179 e. The molecule has 0 saturated carbocycles. The number of benzene rings is 2. The van der Waals surface area contributed by atoms with Crippen molar-refractivity contribution in [3.8, 4) is 0 Å². The van der Waals surface area contributed by atoms with Crippen molar-refractivity contribution in [1.29, 1.82) is 0 Å². The zero-order valence-electron chi connectivity index (χ0n) is 9.19. The molecule has 16 heavy (non-hydrogen) atoms. The molecule has 0 radical (unpaired) electrons. The topological polar surface area (TPSA) is 0 Å². The van der Waals surface area contributed by atoms with Gasteiger partial charge in [0.05, 0.1) is 0 Å². The van der Waals surface area contributed by atoms with Crippen molar-refractivity contribution in [2.45, 2.75) is 12.8 Å². The van der Waals surface area contributed by atoms with Gasteiger partial charge in [0.1, 0.15) is 0 Å². The molecule has 84 valence electrons. The molecule has 2 rings (SSSR count). The third-order valence-electron chi connectivity index (χ3n) is 2.77. The molecule has 0 nitrogen and oxygen atoms in total. The number of hydrogen-bond donors (Lipinski definition) is 2. The number of rotatable bonds is 4. The zero-order valence-corrected chi connectivity index (χ0v) is 11.0. The maximum atomic E-state index is 4.26. The number of aryl methyl sites for hydroxylation is 2. The van der Waals surface area contributed by atoms with Crippen molar-refractivity contribution in [2.24, 2.45) is 0 Å². The van der Waals surface area contributed by atoms with Crippen LogP contribution in [0.5, 0.6) is 0 Å². The summed E-state index contributed by atoms with van der Waals surface area (Å²) < 4.78 is 0. The quantitative estimate of drug-likeness (QED) is 0.756. The second-order valence-electron chi connectivity index (χ2n) is 3.96. The average molecular weight is 248 g/mol. The van der Waals surface area contributed by atoms with Crippen LogP contribution in [0.3, 0.4) is 0 Å². The van der Waals surface area contributed by atoms with Crippen LogP contribution >= 0.6 is 25.3 Å². The Hall–Kier alpha value is -0.600. The van der Waals surface area contributed by atoms with Gasteiger partial charge in [-0.3, -0.25) is 0 Å². The normalized spacial score (nSPS) is 10.9. The maximum Gasteiger partial charge on any atom is -0.00574 e. The minimum absolute atomic E-state index is 0.906. The predicted molar refractivity (Wildman–Crippen MR) is 79.1 cm³/mol. The molecule has 0 heterocycles. The van der Waals surface area contributed by atoms with E-state index in [1.165, 1.54) is 21.9 Å². The van der Waals surface area contributed by atoms with Gasteiger partial charge in [-0.05, 0) is 46.2 Å². The molecular weight excluding hydrogens is 232 g/mol. The molecule has 0 amide bonds. The first-order chi connectivity index (χ1) is 7.83. The second-order valence-corrected chi connectivity index (χ2v) is 4.86. The van der Waals surface area contributed by atoms with E-state index in [-0.39, 0.29) is 0 Å². The molecule has 2 aromatic rings. The van der Waals surface area contributed by atoms with Gasteiger partial charge < -0.3 is 0 Å². The minimum atomic E-state index is 0.906. The molecule has 0 saturated heterocycles. The number of thiol groups is 2. The van der Waals surface area contributed by atoms with Crippen LogP contribution in [0.15, 0.2) is 36.4 Å². The van der Waals surface area contributed by atoms with Crippen LogP contribution in [0.1, 0.15) is 11.1 Å². The van der Waals surface area contributed by atoms with E-state index in [0.717, 1.165) is 24.3 Å². The standard InChI is InChI=1S/C14H16S2/c15-7-5-11-1-3-13-10-12(6-8-16)2-4-14(13)9-11/h1-4,9-10,15-16H,5-8H2. The lowest BCUT2D eigenvalue weighted by atomic mass is 10.0. The predicted octanol–water partition coefficient (Wildman–Crippen LogP) is 3.78. The molecule has 0 fully saturated rings. The fourth-order valence-corrected chi connectivity index (χ4v) is 2.43. The van der Waals surface area contributed by atoms with Crippen molar-refractivity contribution in [1.82, 2.24) is 0 Å². The van der Waals surface area contributed by atoms with E-state index in [1.807, 2.05) is 0 Å². The Kier molecular flexibility index (Phi) is 4.19. The largest absolute Gasteiger partial charge is 0.179 e. The first kappa shape index (κ1) is 11.9. The summed E-state index contributed by atoms with van der Waals surface area (Å²) in [6.45, 7) is 0.